The molecule has 0 radical (unpaired) electrons. The second kappa shape index (κ2) is 4.52. The predicted molar refractivity (Wildman–Crippen MR) is 51.5 cm³/mol. The van der Waals surface area contributed by atoms with Crippen LogP contribution in [0.1, 0.15) is 10.4 Å². The summed E-state index contributed by atoms with van der Waals surface area (Å²) in [5.74, 6) is -2.06. The summed E-state index contributed by atoms with van der Waals surface area (Å²) in [5, 5.41) is 1.97. The molecular formula is C9H5ClF3NO2. The van der Waals surface area contributed by atoms with E-state index >= 15 is 0 Å². The maximum atomic E-state index is 12.2. The molecule has 0 aliphatic carbocycles. The van der Waals surface area contributed by atoms with Crippen molar-refractivity contribution in [1.82, 2.24) is 0 Å². The largest absolute Gasteiger partial charge is 0.454 e. The van der Waals surface area contributed by atoms with Crippen LogP contribution in [0.25, 0.3) is 0 Å². The number of carbonyl (C=O) groups excluding carboxylic acids is 2. The van der Waals surface area contributed by atoms with Gasteiger partial charge in [0.05, 0.1) is 11.3 Å². The van der Waals surface area contributed by atoms with Crippen LogP contribution in [-0.2, 0) is 4.79 Å². The summed E-state index contributed by atoms with van der Waals surface area (Å²) in [6, 6.07) is 3.24. The molecule has 0 saturated heterocycles. The summed E-state index contributed by atoms with van der Waals surface area (Å²) in [4.78, 5) is 21.1. The van der Waals surface area contributed by atoms with Gasteiger partial charge in [-0.15, -0.1) is 0 Å². The normalized spacial score (nSPS) is 11.0. The fourth-order valence-electron chi connectivity index (χ4n) is 1.05. The van der Waals surface area contributed by atoms with E-state index in [2.05, 4.69) is 0 Å². The van der Waals surface area contributed by atoms with Crippen LogP contribution in [0.4, 0.5) is 18.9 Å². The lowest BCUT2D eigenvalue weighted by atomic mass is 10.1. The van der Waals surface area contributed by atoms with Crippen LogP contribution in [0, 0.1) is 0 Å². The molecule has 1 aromatic carbocycles. The number of benzene rings is 1. The molecule has 0 aliphatic heterocycles. The molecule has 3 nitrogen and oxygen atoms in total. The van der Waals surface area contributed by atoms with E-state index in [1.54, 1.807) is 0 Å². The van der Waals surface area contributed by atoms with Gasteiger partial charge in [-0.3, -0.25) is 9.59 Å². The average molecular weight is 252 g/mol. The topological polar surface area (TPSA) is 46.2 Å². The van der Waals surface area contributed by atoms with E-state index in [-0.39, 0.29) is 17.1 Å². The lowest BCUT2D eigenvalue weighted by Crippen LogP contribution is -2.23. The number of rotatable bonds is 3. The minimum atomic E-state index is -5.01. The Labute approximate surface area is 93.2 Å². The number of anilines is 1. The van der Waals surface area contributed by atoms with Crippen molar-refractivity contribution in [2.75, 3.05) is 5.32 Å². The van der Waals surface area contributed by atoms with Crippen LogP contribution < -0.4 is 5.32 Å². The molecule has 0 aliphatic rings. The van der Waals surface area contributed by atoms with Gasteiger partial charge in [0.25, 0.3) is 5.78 Å². The number of alkyl halides is 3. The Morgan fingerprint density at radius 3 is 2.50 bits per heavy atom. The number of ketones is 1. The van der Waals surface area contributed by atoms with Crippen LogP contribution in [0.3, 0.4) is 0 Å². The molecule has 1 N–H and O–H groups in total. The van der Waals surface area contributed by atoms with Crippen molar-refractivity contribution in [2.45, 2.75) is 6.18 Å². The van der Waals surface area contributed by atoms with Gasteiger partial charge in [-0.05, 0) is 18.2 Å². The van der Waals surface area contributed by atoms with Crippen LogP contribution >= 0.6 is 11.6 Å². The predicted octanol–water partition coefficient (Wildman–Crippen LogP) is 2.65. The lowest BCUT2D eigenvalue weighted by Gasteiger charge is -2.09. The van der Waals surface area contributed by atoms with Gasteiger partial charge in [0.2, 0.25) is 6.41 Å². The van der Waals surface area contributed by atoms with Crippen molar-refractivity contribution in [2.24, 2.45) is 0 Å². The Morgan fingerprint density at radius 1 is 1.38 bits per heavy atom. The molecule has 0 saturated carbocycles. The average Bonchev–Trinajstić information content (AvgIpc) is 2.18. The summed E-state index contributed by atoms with van der Waals surface area (Å²) >= 11 is 5.48. The molecule has 86 valence electrons. The van der Waals surface area contributed by atoms with Crippen LogP contribution in [0.15, 0.2) is 18.2 Å². The van der Waals surface area contributed by atoms with Crippen molar-refractivity contribution < 1.29 is 22.8 Å². The number of hydrogen-bond donors (Lipinski definition) is 1. The molecule has 0 heterocycles. The molecule has 1 amide bonds. The Hall–Kier alpha value is -1.56. The summed E-state index contributed by atoms with van der Waals surface area (Å²) in [5.41, 5.74) is -0.922. The molecule has 0 fully saturated rings. The quantitative estimate of drug-likeness (QED) is 0.663. The second-order valence-corrected chi connectivity index (χ2v) is 3.22. The van der Waals surface area contributed by atoms with Crippen LogP contribution in [0.2, 0.25) is 5.02 Å². The third-order valence-corrected chi connectivity index (χ3v) is 1.93. The molecule has 7 heteroatoms. The molecule has 0 unspecified atom stereocenters. The first kappa shape index (κ1) is 12.5. The standard InChI is InChI=1S/C9H5ClF3NO2/c10-5-1-2-7(14-4-15)6(3-5)8(16)9(11,12)13/h1-4H,(H,14,15). The Balaban J connectivity index is 3.24. The fraction of sp³-hybridized carbons (Fsp3) is 0.111. The zero-order chi connectivity index (χ0) is 12.3. The highest BCUT2D eigenvalue weighted by Crippen LogP contribution is 2.28. The van der Waals surface area contributed by atoms with Gasteiger partial charge in [-0.2, -0.15) is 13.2 Å². The number of Topliss-reactive ketones (excluding diaryl/α,β-unsaturated/α-hetero) is 1. The van der Waals surface area contributed by atoms with Crippen molar-refractivity contribution in [3.8, 4) is 0 Å². The van der Waals surface area contributed by atoms with Gasteiger partial charge < -0.3 is 5.32 Å². The summed E-state index contributed by atoms with van der Waals surface area (Å²) in [7, 11) is 0. The van der Waals surface area contributed by atoms with E-state index in [1.165, 1.54) is 6.07 Å². The number of hydrogen-bond acceptors (Lipinski definition) is 2. The molecule has 0 spiro atoms. The summed E-state index contributed by atoms with van der Waals surface area (Å²) in [6.45, 7) is 0. The van der Waals surface area contributed by atoms with Crippen LogP contribution in [-0.4, -0.2) is 18.4 Å². The molecule has 0 atom stereocenters. The summed E-state index contributed by atoms with van der Waals surface area (Å²) < 4.78 is 36.5. The Bertz CT molecular complexity index is 431. The third-order valence-electron chi connectivity index (χ3n) is 1.70. The third kappa shape index (κ3) is 2.73. The van der Waals surface area contributed by atoms with Gasteiger partial charge in [0.1, 0.15) is 0 Å². The minimum Gasteiger partial charge on any atom is -0.328 e. The zero-order valence-electron chi connectivity index (χ0n) is 7.64. The van der Waals surface area contributed by atoms with E-state index in [1.807, 2.05) is 5.32 Å². The van der Waals surface area contributed by atoms with Crippen molar-refractivity contribution in [1.29, 1.82) is 0 Å². The van der Waals surface area contributed by atoms with Gasteiger partial charge in [-0.1, -0.05) is 11.6 Å². The Kier molecular flexibility index (Phi) is 3.54. The fourth-order valence-corrected chi connectivity index (χ4v) is 1.22. The molecular weight excluding hydrogens is 247 g/mol. The van der Waals surface area contributed by atoms with Gasteiger partial charge in [0.15, 0.2) is 0 Å². The highest BCUT2D eigenvalue weighted by Gasteiger charge is 2.40. The van der Waals surface area contributed by atoms with Crippen molar-refractivity contribution >= 4 is 29.5 Å². The maximum Gasteiger partial charge on any atom is 0.454 e. The number of amides is 1. The molecule has 0 aromatic heterocycles. The zero-order valence-corrected chi connectivity index (χ0v) is 8.39. The number of halogens is 4. The van der Waals surface area contributed by atoms with E-state index in [0.717, 1.165) is 12.1 Å². The van der Waals surface area contributed by atoms with E-state index in [0.29, 0.717) is 0 Å². The minimum absolute atomic E-state index is 0.0240. The first-order chi connectivity index (χ1) is 7.36. The van der Waals surface area contributed by atoms with Gasteiger partial charge in [-0.25, -0.2) is 0 Å². The van der Waals surface area contributed by atoms with Gasteiger partial charge in [0, 0.05) is 5.02 Å². The lowest BCUT2D eigenvalue weighted by molar-refractivity contribution is -0.105. The van der Waals surface area contributed by atoms with E-state index in [4.69, 9.17) is 11.6 Å². The van der Waals surface area contributed by atoms with Gasteiger partial charge >= 0.3 is 6.18 Å². The molecule has 0 bridgehead atoms. The monoisotopic (exact) mass is 251 g/mol. The van der Waals surface area contributed by atoms with E-state index in [9.17, 15) is 22.8 Å². The van der Waals surface area contributed by atoms with Crippen molar-refractivity contribution in [3.05, 3.63) is 28.8 Å². The maximum absolute atomic E-state index is 12.2. The van der Waals surface area contributed by atoms with E-state index < -0.39 is 17.5 Å². The number of carbonyl (C=O) groups is 2. The van der Waals surface area contributed by atoms with Crippen LogP contribution in [0.5, 0.6) is 0 Å². The molecule has 1 rings (SSSR count). The van der Waals surface area contributed by atoms with Crippen molar-refractivity contribution in [3.63, 3.8) is 0 Å². The first-order valence-corrected chi connectivity index (χ1v) is 4.35. The Morgan fingerprint density at radius 2 is 2.00 bits per heavy atom. The number of nitrogens with one attached hydrogen (secondary N) is 1. The summed E-state index contributed by atoms with van der Waals surface area (Å²) in [6.07, 6.45) is -4.83. The molecule has 16 heavy (non-hydrogen) atoms. The smallest absolute Gasteiger partial charge is 0.328 e. The first-order valence-electron chi connectivity index (χ1n) is 3.97. The highest BCUT2D eigenvalue weighted by molar-refractivity contribution is 6.31. The second-order valence-electron chi connectivity index (χ2n) is 2.78. The highest BCUT2D eigenvalue weighted by atomic mass is 35.5. The molecule has 1 aromatic rings. The SMILES string of the molecule is O=CNc1ccc(Cl)cc1C(=O)C(F)(F)F.